The van der Waals surface area contributed by atoms with Crippen molar-refractivity contribution in [3.05, 3.63) is 42.0 Å². The van der Waals surface area contributed by atoms with Crippen molar-refractivity contribution in [2.24, 2.45) is 7.05 Å². The van der Waals surface area contributed by atoms with Gasteiger partial charge in [-0.25, -0.2) is 9.97 Å². The standard InChI is InChI=1S/C19H16F3N5O2S/c1-3-23-16(28)10-4-7-14-13(8-10)24-17(27(14)2)26-18-25-12-6-5-11(9-15(12)30-18)29-19(20,21)22/h4-9H,3H2,1-2H3,(H,23,28)(H,24,25,26). The highest BCUT2D eigenvalue weighted by molar-refractivity contribution is 7.22. The van der Waals surface area contributed by atoms with E-state index in [2.05, 4.69) is 25.3 Å². The van der Waals surface area contributed by atoms with Crippen LogP contribution in [0.5, 0.6) is 5.75 Å². The van der Waals surface area contributed by atoms with Crippen molar-refractivity contribution in [2.45, 2.75) is 13.3 Å². The van der Waals surface area contributed by atoms with Gasteiger partial charge < -0.3 is 19.9 Å². The summed E-state index contributed by atoms with van der Waals surface area (Å²) in [5.41, 5.74) is 2.48. The maximum atomic E-state index is 12.4. The van der Waals surface area contributed by atoms with Crippen LogP contribution in [0.1, 0.15) is 17.3 Å². The summed E-state index contributed by atoms with van der Waals surface area (Å²) in [6.07, 6.45) is -4.75. The number of amides is 1. The van der Waals surface area contributed by atoms with E-state index in [-0.39, 0.29) is 11.7 Å². The molecule has 4 rings (SSSR count). The number of aromatic nitrogens is 3. The molecule has 0 atom stereocenters. The molecule has 0 saturated heterocycles. The van der Waals surface area contributed by atoms with Gasteiger partial charge in [0.05, 0.1) is 21.3 Å². The van der Waals surface area contributed by atoms with Gasteiger partial charge >= 0.3 is 6.36 Å². The number of carbonyl (C=O) groups excluding carboxylic acids is 1. The van der Waals surface area contributed by atoms with Gasteiger partial charge in [0.15, 0.2) is 5.13 Å². The molecule has 0 bridgehead atoms. The lowest BCUT2D eigenvalue weighted by Crippen LogP contribution is -2.22. The second-order valence-electron chi connectivity index (χ2n) is 6.38. The highest BCUT2D eigenvalue weighted by Gasteiger charge is 2.31. The zero-order chi connectivity index (χ0) is 21.5. The molecule has 2 aromatic heterocycles. The van der Waals surface area contributed by atoms with Crippen LogP contribution in [0.3, 0.4) is 0 Å². The second kappa shape index (κ2) is 7.48. The van der Waals surface area contributed by atoms with Crippen molar-refractivity contribution < 1.29 is 22.7 Å². The number of hydrogen-bond acceptors (Lipinski definition) is 6. The Morgan fingerprint density at radius 2 is 1.97 bits per heavy atom. The minimum atomic E-state index is -4.75. The normalized spacial score (nSPS) is 11.8. The van der Waals surface area contributed by atoms with E-state index < -0.39 is 6.36 Å². The fraction of sp³-hybridized carbons (Fsp3) is 0.211. The predicted octanol–water partition coefficient (Wildman–Crippen LogP) is 4.57. The number of imidazole rings is 1. The maximum Gasteiger partial charge on any atom is 0.573 e. The average molecular weight is 435 g/mol. The summed E-state index contributed by atoms with van der Waals surface area (Å²) in [5, 5.41) is 6.30. The van der Waals surface area contributed by atoms with E-state index in [9.17, 15) is 18.0 Å². The number of carbonyl (C=O) groups is 1. The monoisotopic (exact) mass is 435 g/mol. The number of anilines is 2. The Bertz CT molecular complexity index is 1250. The number of rotatable bonds is 5. The summed E-state index contributed by atoms with van der Waals surface area (Å²) in [6, 6.07) is 9.20. The van der Waals surface area contributed by atoms with Crippen LogP contribution in [0.4, 0.5) is 24.3 Å². The van der Waals surface area contributed by atoms with Gasteiger partial charge in [-0.05, 0) is 37.3 Å². The minimum Gasteiger partial charge on any atom is -0.406 e. The zero-order valence-corrected chi connectivity index (χ0v) is 16.7. The van der Waals surface area contributed by atoms with Crippen LogP contribution in [-0.4, -0.2) is 33.3 Å². The number of alkyl halides is 3. The Morgan fingerprint density at radius 1 is 1.17 bits per heavy atom. The lowest BCUT2D eigenvalue weighted by atomic mass is 10.2. The van der Waals surface area contributed by atoms with Crippen LogP contribution < -0.4 is 15.4 Å². The van der Waals surface area contributed by atoms with Crippen LogP contribution >= 0.6 is 11.3 Å². The van der Waals surface area contributed by atoms with Gasteiger partial charge in [-0.3, -0.25) is 4.79 Å². The number of aryl methyl sites for hydroxylation is 1. The van der Waals surface area contributed by atoms with Crippen LogP contribution in [0.2, 0.25) is 0 Å². The average Bonchev–Trinajstić information content (AvgIpc) is 3.20. The van der Waals surface area contributed by atoms with E-state index >= 15 is 0 Å². The smallest absolute Gasteiger partial charge is 0.406 e. The highest BCUT2D eigenvalue weighted by Crippen LogP contribution is 2.33. The van der Waals surface area contributed by atoms with Crippen LogP contribution in [-0.2, 0) is 7.05 Å². The van der Waals surface area contributed by atoms with E-state index in [0.717, 1.165) is 5.52 Å². The molecule has 0 aliphatic heterocycles. The lowest BCUT2D eigenvalue weighted by Gasteiger charge is -2.07. The highest BCUT2D eigenvalue weighted by atomic mass is 32.1. The lowest BCUT2D eigenvalue weighted by molar-refractivity contribution is -0.274. The molecule has 0 aliphatic carbocycles. The number of thiazole rings is 1. The van der Waals surface area contributed by atoms with E-state index in [0.29, 0.717) is 38.9 Å². The van der Waals surface area contributed by atoms with Gasteiger partial charge in [0, 0.05) is 25.2 Å². The van der Waals surface area contributed by atoms with Crippen molar-refractivity contribution in [1.82, 2.24) is 19.9 Å². The molecular formula is C19H16F3N5O2S. The number of nitrogens with one attached hydrogen (secondary N) is 2. The van der Waals surface area contributed by atoms with Gasteiger partial charge in [0.2, 0.25) is 5.95 Å². The van der Waals surface area contributed by atoms with E-state index in [1.807, 2.05) is 14.0 Å². The Kier molecular flexibility index (Phi) is 4.98. The van der Waals surface area contributed by atoms with Crippen LogP contribution in [0.25, 0.3) is 21.3 Å². The Hall–Kier alpha value is -3.34. The molecule has 0 radical (unpaired) electrons. The van der Waals surface area contributed by atoms with Crippen molar-refractivity contribution in [3.63, 3.8) is 0 Å². The summed E-state index contributed by atoms with van der Waals surface area (Å²) in [5.74, 6) is 0.0114. The zero-order valence-electron chi connectivity index (χ0n) is 15.9. The van der Waals surface area contributed by atoms with Gasteiger partial charge in [-0.15, -0.1) is 13.2 Å². The number of hydrogen-bond donors (Lipinski definition) is 2. The van der Waals surface area contributed by atoms with E-state index in [4.69, 9.17) is 0 Å². The molecule has 7 nitrogen and oxygen atoms in total. The third-order valence-electron chi connectivity index (χ3n) is 4.29. The molecule has 0 spiro atoms. The van der Waals surface area contributed by atoms with Gasteiger partial charge in [0.1, 0.15) is 5.75 Å². The van der Waals surface area contributed by atoms with Crippen molar-refractivity contribution >= 4 is 49.6 Å². The Labute approximate surface area is 172 Å². The Balaban J connectivity index is 1.62. The molecule has 0 fully saturated rings. The number of nitrogens with zero attached hydrogens (tertiary/aromatic N) is 3. The molecule has 2 aromatic carbocycles. The maximum absolute atomic E-state index is 12.4. The second-order valence-corrected chi connectivity index (χ2v) is 7.41. The van der Waals surface area contributed by atoms with Crippen molar-refractivity contribution in [3.8, 4) is 5.75 Å². The first-order valence-corrected chi connectivity index (χ1v) is 9.73. The van der Waals surface area contributed by atoms with Crippen molar-refractivity contribution in [2.75, 3.05) is 11.9 Å². The predicted molar refractivity (Wildman–Crippen MR) is 108 cm³/mol. The van der Waals surface area contributed by atoms with Crippen LogP contribution in [0, 0.1) is 0 Å². The molecule has 0 saturated carbocycles. The molecule has 1 amide bonds. The third kappa shape index (κ3) is 4.01. The SMILES string of the molecule is CCNC(=O)c1ccc2c(c1)nc(Nc1nc3ccc(OC(F)(F)F)cc3s1)n2C. The molecule has 0 aliphatic rings. The number of fused-ring (bicyclic) bond motifs is 2. The molecule has 156 valence electrons. The molecule has 4 aromatic rings. The number of ether oxygens (including phenoxy) is 1. The summed E-state index contributed by atoms with van der Waals surface area (Å²) in [7, 11) is 1.81. The summed E-state index contributed by atoms with van der Waals surface area (Å²) < 4.78 is 43.6. The van der Waals surface area contributed by atoms with E-state index in [1.54, 1.807) is 22.8 Å². The molecule has 0 unspecified atom stereocenters. The number of benzene rings is 2. The molecular weight excluding hydrogens is 419 g/mol. The summed E-state index contributed by atoms with van der Waals surface area (Å²) >= 11 is 1.18. The molecule has 30 heavy (non-hydrogen) atoms. The van der Waals surface area contributed by atoms with Crippen LogP contribution in [0.15, 0.2) is 36.4 Å². The van der Waals surface area contributed by atoms with Gasteiger partial charge in [-0.2, -0.15) is 0 Å². The molecule has 2 N–H and O–H groups in total. The first-order valence-electron chi connectivity index (χ1n) is 8.91. The van der Waals surface area contributed by atoms with Gasteiger partial charge in [0.25, 0.3) is 5.91 Å². The quantitative estimate of drug-likeness (QED) is 0.480. The molecule has 2 heterocycles. The Morgan fingerprint density at radius 3 is 2.70 bits per heavy atom. The fourth-order valence-corrected chi connectivity index (χ4v) is 3.85. The first kappa shape index (κ1) is 20.0. The number of halogens is 3. The largest absolute Gasteiger partial charge is 0.573 e. The fourth-order valence-electron chi connectivity index (χ4n) is 2.97. The first-order chi connectivity index (χ1) is 14.2. The van der Waals surface area contributed by atoms with Crippen molar-refractivity contribution in [1.29, 1.82) is 0 Å². The summed E-state index contributed by atoms with van der Waals surface area (Å²) in [4.78, 5) is 20.9. The minimum absolute atomic E-state index is 0.178. The molecule has 11 heteroatoms. The topological polar surface area (TPSA) is 81.1 Å². The van der Waals surface area contributed by atoms with Gasteiger partial charge in [-0.1, -0.05) is 11.3 Å². The van der Waals surface area contributed by atoms with E-state index in [1.165, 1.54) is 29.5 Å². The summed E-state index contributed by atoms with van der Waals surface area (Å²) in [6.45, 7) is 2.37. The third-order valence-corrected chi connectivity index (χ3v) is 5.23.